The van der Waals surface area contributed by atoms with Crippen LogP contribution in [0.5, 0.6) is 0 Å². The monoisotopic (exact) mass is 288 g/mol. The number of rotatable bonds is 2. The SMILES string of the molecule is CC(O)C1CCN(C(=O)NC2CCc3ccccc32)CC1. The van der Waals surface area contributed by atoms with Crippen LogP contribution in [0.2, 0.25) is 0 Å². The van der Waals surface area contributed by atoms with E-state index in [1.807, 2.05) is 17.9 Å². The molecule has 0 aromatic heterocycles. The molecule has 0 radical (unpaired) electrons. The van der Waals surface area contributed by atoms with Crippen molar-refractivity contribution in [3.8, 4) is 0 Å². The third-order valence-electron chi connectivity index (χ3n) is 4.94. The van der Waals surface area contributed by atoms with Gasteiger partial charge >= 0.3 is 6.03 Å². The molecule has 2 atom stereocenters. The van der Waals surface area contributed by atoms with Gasteiger partial charge in [-0.25, -0.2) is 4.79 Å². The van der Waals surface area contributed by atoms with Gasteiger partial charge in [-0.05, 0) is 49.7 Å². The van der Waals surface area contributed by atoms with Crippen molar-refractivity contribution in [3.63, 3.8) is 0 Å². The van der Waals surface area contributed by atoms with Gasteiger partial charge in [0.2, 0.25) is 0 Å². The van der Waals surface area contributed by atoms with Gasteiger partial charge in [0, 0.05) is 13.1 Å². The summed E-state index contributed by atoms with van der Waals surface area (Å²) in [5.74, 6) is 0.334. The van der Waals surface area contributed by atoms with Crippen LogP contribution in [0.4, 0.5) is 4.79 Å². The number of benzene rings is 1. The molecule has 0 spiro atoms. The maximum absolute atomic E-state index is 12.4. The molecule has 0 saturated carbocycles. The second kappa shape index (κ2) is 6.06. The first kappa shape index (κ1) is 14.4. The number of aliphatic hydroxyl groups is 1. The van der Waals surface area contributed by atoms with Crippen LogP contribution in [-0.4, -0.2) is 35.2 Å². The lowest BCUT2D eigenvalue weighted by Gasteiger charge is -2.34. The maximum atomic E-state index is 12.4. The molecule has 3 rings (SSSR count). The van der Waals surface area contributed by atoms with Gasteiger partial charge in [0.05, 0.1) is 12.1 Å². The molecule has 1 heterocycles. The molecular formula is C17H24N2O2. The minimum absolute atomic E-state index is 0.0424. The summed E-state index contributed by atoms with van der Waals surface area (Å²) >= 11 is 0. The van der Waals surface area contributed by atoms with Crippen molar-refractivity contribution in [2.75, 3.05) is 13.1 Å². The zero-order chi connectivity index (χ0) is 14.8. The van der Waals surface area contributed by atoms with Crippen LogP contribution in [0.3, 0.4) is 0 Å². The van der Waals surface area contributed by atoms with Gasteiger partial charge in [0.25, 0.3) is 0 Å². The fourth-order valence-electron chi connectivity index (χ4n) is 3.53. The van der Waals surface area contributed by atoms with Crippen LogP contribution in [0.1, 0.15) is 43.4 Å². The Hall–Kier alpha value is -1.55. The molecule has 1 fully saturated rings. The van der Waals surface area contributed by atoms with Crippen molar-refractivity contribution in [2.45, 2.75) is 44.8 Å². The Bertz CT molecular complexity index is 507. The second-order valence-electron chi connectivity index (χ2n) is 6.30. The average molecular weight is 288 g/mol. The predicted molar refractivity (Wildman–Crippen MR) is 82.0 cm³/mol. The molecule has 2 unspecified atom stereocenters. The van der Waals surface area contributed by atoms with E-state index in [9.17, 15) is 9.90 Å². The number of hydrogen-bond acceptors (Lipinski definition) is 2. The molecule has 4 nitrogen and oxygen atoms in total. The van der Waals surface area contributed by atoms with Gasteiger partial charge in [-0.1, -0.05) is 24.3 Å². The Labute approximate surface area is 126 Å². The van der Waals surface area contributed by atoms with Gasteiger partial charge in [-0.2, -0.15) is 0 Å². The molecule has 1 saturated heterocycles. The van der Waals surface area contributed by atoms with Crippen molar-refractivity contribution in [3.05, 3.63) is 35.4 Å². The second-order valence-corrected chi connectivity index (χ2v) is 6.30. The highest BCUT2D eigenvalue weighted by molar-refractivity contribution is 5.75. The Morgan fingerprint density at radius 2 is 2.00 bits per heavy atom. The van der Waals surface area contributed by atoms with E-state index in [0.717, 1.165) is 38.8 Å². The van der Waals surface area contributed by atoms with Gasteiger partial charge in [-0.3, -0.25) is 0 Å². The van der Waals surface area contributed by atoms with Crippen LogP contribution >= 0.6 is 0 Å². The number of amides is 2. The third-order valence-corrected chi connectivity index (χ3v) is 4.94. The summed E-state index contributed by atoms with van der Waals surface area (Å²) < 4.78 is 0. The molecule has 2 N–H and O–H groups in total. The molecule has 4 heteroatoms. The smallest absolute Gasteiger partial charge is 0.317 e. The average Bonchev–Trinajstić information content (AvgIpc) is 2.91. The van der Waals surface area contributed by atoms with Crippen molar-refractivity contribution >= 4 is 6.03 Å². The molecular weight excluding hydrogens is 264 g/mol. The van der Waals surface area contributed by atoms with Crippen LogP contribution < -0.4 is 5.32 Å². The van der Waals surface area contributed by atoms with Crippen LogP contribution in [0.25, 0.3) is 0 Å². The van der Waals surface area contributed by atoms with Crippen LogP contribution in [0.15, 0.2) is 24.3 Å². The zero-order valence-electron chi connectivity index (χ0n) is 12.6. The molecule has 1 aromatic carbocycles. The van der Waals surface area contributed by atoms with Gasteiger partial charge in [0.15, 0.2) is 0 Å². The quantitative estimate of drug-likeness (QED) is 0.878. The van der Waals surface area contributed by atoms with Crippen molar-refractivity contribution in [1.82, 2.24) is 10.2 Å². The molecule has 114 valence electrons. The fraction of sp³-hybridized carbons (Fsp3) is 0.588. The summed E-state index contributed by atoms with van der Waals surface area (Å²) in [6, 6.07) is 8.56. The van der Waals surface area contributed by atoms with Crippen molar-refractivity contribution in [2.24, 2.45) is 5.92 Å². The van der Waals surface area contributed by atoms with Gasteiger partial charge < -0.3 is 15.3 Å². The molecule has 0 bridgehead atoms. The number of urea groups is 1. The number of piperidine rings is 1. The summed E-state index contributed by atoms with van der Waals surface area (Å²) in [7, 11) is 0. The minimum atomic E-state index is -0.267. The van der Waals surface area contributed by atoms with E-state index in [-0.39, 0.29) is 18.2 Å². The highest BCUT2D eigenvalue weighted by atomic mass is 16.3. The van der Waals surface area contributed by atoms with E-state index in [0.29, 0.717) is 5.92 Å². The third kappa shape index (κ3) is 3.05. The highest BCUT2D eigenvalue weighted by Gasteiger charge is 2.28. The van der Waals surface area contributed by atoms with E-state index >= 15 is 0 Å². The van der Waals surface area contributed by atoms with E-state index in [1.54, 1.807) is 0 Å². The van der Waals surface area contributed by atoms with Gasteiger partial charge in [0.1, 0.15) is 0 Å². The first-order valence-corrected chi connectivity index (χ1v) is 7.96. The number of hydrogen-bond donors (Lipinski definition) is 2. The Morgan fingerprint density at radius 3 is 2.71 bits per heavy atom. The van der Waals surface area contributed by atoms with Gasteiger partial charge in [-0.15, -0.1) is 0 Å². The molecule has 1 aliphatic heterocycles. The summed E-state index contributed by atoms with van der Waals surface area (Å²) in [4.78, 5) is 14.3. The normalized spacial score (nSPS) is 23.7. The Morgan fingerprint density at radius 1 is 1.29 bits per heavy atom. The number of carbonyl (C=O) groups is 1. The lowest BCUT2D eigenvalue weighted by molar-refractivity contribution is 0.0793. The van der Waals surface area contributed by atoms with E-state index in [1.165, 1.54) is 11.1 Å². The first-order chi connectivity index (χ1) is 10.1. The van der Waals surface area contributed by atoms with Crippen molar-refractivity contribution < 1.29 is 9.90 Å². The van der Waals surface area contributed by atoms with Crippen molar-refractivity contribution in [1.29, 1.82) is 0 Å². The van der Waals surface area contributed by atoms with E-state index < -0.39 is 0 Å². The number of nitrogens with zero attached hydrogens (tertiary/aromatic N) is 1. The topological polar surface area (TPSA) is 52.6 Å². The lowest BCUT2D eigenvalue weighted by Crippen LogP contribution is -2.46. The summed E-state index contributed by atoms with van der Waals surface area (Å²) in [6.45, 7) is 3.33. The molecule has 1 aliphatic carbocycles. The Balaban J connectivity index is 1.56. The van der Waals surface area contributed by atoms with E-state index in [2.05, 4.69) is 23.5 Å². The highest BCUT2D eigenvalue weighted by Crippen LogP contribution is 2.31. The number of aliphatic hydroxyl groups excluding tert-OH is 1. The molecule has 21 heavy (non-hydrogen) atoms. The fourth-order valence-corrected chi connectivity index (χ4v) is 3.53. The lowest BCUT2D eigenvalue weighted by atomic mass is 9.92. The summed E-state index contributed by atoms with van der Waals surface area (Å²) in [5.41, 5.74) is 2.63. The largest absolute Gasteiger partial charge is 0.393 e. The number of nitrogens with one attached hydrogen (secondary N) is 1. The van der Waals surface area contributed by atoms with E-state index in [4.69, 9.17) is 0 Å². The minimum Gasteiger partial charge on any atom is -0.393 e. The maximum Gasteiger partial charge on any atom is 0.317 e. The molecule has 2 amide bonds. The Kier molecular flexibility index (Phi) is 4.15. The zero-order valence-corrected chi connectivity index (χ0v) is 12.6. The molecule has 2 aliphatic rings. The number of carbonyl (C=O) groups excluding carboxylic acids is 1. The summed E-state index contributed by atoms with van der Waals surface area (Å²) in [6.07, 6.45) is 3.57. The first-order valence-electron chi connectivity index (χ1n) is 7.96. The van der Waals surface area contributed by atoms with Crippen LogP contribution in [0, 0.1) is 5.92 Å². The predicted octanol–water partition coefficient (Wildman–Crippen LogP) is 2.48. The number of fused-ring (bicyclic) bond motifs is 1. The number of aryl methyl sites for hydroxylation is 1. The van der Waals surface area contributed by atoms with Crippen LogP contribution in [-0.2, 0) is 6.42 Å². The standard InChI is InChI=1S/C17H24N2O2/c1-12(20)13-8-10-19(11-9-13)17(21)18-16-7-6-14-4-2-3-5-15(14)16/h2-5,12-13,16,20H,6-11H2,1H3,(H,18,21). The molecule has 1 aromatic rings. The summed E-state index contributed by atoms with van der Waals surface area (Å²) in [5, 5.41) is 12.8. The number of likely N-dealkylation sites (tertiary alicyclic amines) is 1.